The number of thiazole rings is 1. The third-order valence-corrected chi connectivity index (χ3v) is 4.95. The van der Waals surface area contributed by atoms with Gasteiger partial charge in [0.1, 0.15) is 0 Å². The van der Waals surface area contributed by atoms with E-state index in [1.54, 1.807) is 6.20 Å². The first kappa shape index (κ1) is 15.9. The molecule has 0 radical (unpaired) electrons. The molecule has 1 unspecified atom stereocenters. The fourth-order valence-corrected chi connectivity index (χ4v) is 3.59. The van der Waals surface area contributed by atoms with E-state index in [9.17, 15) is 4.79 Å². The first-order chi connectivity index (χ1) is 11.0. The summed E-state index contributed by atoms with van der Waals surface area (Å²) < 4.78 is 7.47. The summed E-state index contributed by atoms with van der Waals surface area (Å²) in [6.07, 6.45) is 1.76. The molecule has 2 amide bonds. The molecule has 3 rings (SSSR count). The summed E-state index contributed by atoms with van der Waals surface area (Å²) in [5, 5.41) is 7.97. The Morgan fingerprint density at radius 1 is 1.43 bits per heavy atom. The molecule has 0 saturated carbocycles. The molecule has 1 aliphatic heterocycles. The minimum absolute atomic E-state index is 0.126. The number of hydrogen-bond acceptors (Lipinski definition) is 5. The molecule has 124 valence electrons. The molecular weight excluding hydrogens is 314 g/mol. The Morgan fingerprint density at radius 3 is 2.83 bits per heavy atom. The second-order valence-corrected chi connectivity index (χ2v) is 6.93. The van der Waals surface area contributed by atoms with E-state index < -0.39 is 0 Å². The van der Waals surface area contributed by atoms with Crippen molar-refractivity contribution in [2.75, 3.05) is 25.1 Å². The number of rotatable bonds is 2. The maximum atomic E-state index is 12.7. The highest BCUT2D eigenvalue weighted by molar-refractivity contribution is 7.15. The van der Waals surface area contributed by atoms with Crippen molar-refractivity contribution >= 4 is 22.5 Å². The Labute approximate surface area is 139 Å². The summed E-state index contributed by atoms with van der Waals surface area (Å²) in [7, 11) is 1.91. The number of anilines is 1. The zero-order chi connectivity index (χ0) is 16.6. The minimum Gasteiger partial charge on any atom is -0.377 e. The third-order valence-electron chi connectivity index (χ3n) is 4.12. The normalized spacial score (nSPS) is 18.3. The Balaban J connectivity index is 1.85. The molecule has 1 saturated heterocycles. The number of morpholine rings is 1. The first-order valence-corrected chi connectivity index (χ1v) is 8.37. The summed E-state index contributed by atoms with van der Waals surface area (Å²) in [4.78, 5) is 19.8. The Hall–Kier alpha value is -1.93. The largest absolute Gasteiger partial charge is 0.377 e. The predicted molar refractivity (Wildman–Crippen MR) is 88.8 cm³/mol. The number of nitrogens with zero attached hydrogens (tertiary/aromatic N) is 4. The molecule has 8 heteroatoms. The van der Waals surface area contributed by atoms with Gasteiger partial charge in [0, 0.05) is 35.9 Å². The number of ether oxygens (including phenoxy) is 1. The lowest BCUT2D eigenvalue weighted by molar-refractivity contribution is 0.0143. The van der Waals surface area contributed by atoms with Crippen molar-refractivity contribution in [2.24, 2.45) is 7.05 Å². The molecule has 1 fully saturated rings. The van der Waals surface area contributed by atoms with Crippen LogP contribution in [0.1, 0.15) is 27.9 Å². The molecule has 1 N–H and O–H groups in total. The van der Waals surface area contributed by atoms with Crippen molar-refractivity contribution in [3.63, 3.8) is 0 Å². The van der Waals surface area contributed by atoms with Gasteiger partial charge in [0.25, 0.3) is 0 Å². The van der Waals surface area contributed by atoms with E-state index in [4.69, 9.17) is 4.74 Å². The highest BCUT2D eigenvalue weighted by Crippen LogP contribution is 2.30. The van der Waals surface area contributed by atoms with Gasteiger partial charge < -0.3 is 9.64 Å². The first-order valence-electron chi connectivity index (χ1n) is 7.55. The van der Waals surface area contributed by atoms with Gasteiger partial charge in [-0.15, -0.1) is 11.3 Å². The number of carbonyl (C=O) groups excluding carboxylic acids is 1. The van der Waals surface area contributed by atoms with Gasteiger partial charge in [-0.3, -0.25) is 10.00 Å². The lowest BCUT2D eigenvalue weighted by Gasteiger charge is -2.35. The summed E-state index contributed by atoms with van der Waals surface area (Å²) in [6, 6.07) is -0.270. The van der Waals surface area contributed by atoms with Crippen LogP contribution in [0.2, 0.25) is 0 Å². The summed E-state index contributed by atoms with van der Waals surface area (Å²) in [6.45, 7) is 7.53. The van der Waals surface area contributed by atoms with E-state index in [1.807, 2.05) is 37.4 Å². The van der Waals surface area contributed by atoms with Gasteiger partial charge >= 0.3 is 6.03 Å². The predicted octanol–water partition coefficient (Wildman–Crippen LogP) is 2.41. The average Bonchev–Trinajstić information content (AvgIpc) is 3.03. The molecule has 3 heterocycles. The second kappa shape index (κ2) is 6.29. The Kier molecular flexibility index (Phi) is 4.36. The molecular formula is C15H21N5O2S. The fraction of sp³-hybridized carbons (Fsp3) is 0.533. The zero-order valence-electron chi connectivity index (χ0n) is 13.8. The van der Waals surface area contributed by atoms with E-state index in [0.717, 1.165) is 21.8 Å². The van der Waals surface area contributed by atoms with Crippen molar-refractivity contribution in [3.8, 4) is 0 Å². The van der Waals surface area contributed by atoms with Crippen LogP contribution >= 0.6 is 11.3 Å². The maximum Gasteiger partial charge on any atom is 0.324 e. The quantitative estimate of drug-likeness (QED) is 0.915. The summed E-state index contributed by atoms with van der Waals surface area (Å²) >= 11 is 1.47. The highest BCUT2D eigenvalue weighted by atomic mass is 32.1. The molecule has 0 aromatic carbocycles. The van der Waals surface area contributed by atoms with Gasteiger partial charge in [0.2, 0.25) is 0 Å². The number of aryl methyl sites for hydroxylation is 3. The van der Waals surface area contributed by atoms with Crippen LogP contribution in [0.4, 0.5) is 9.93 Å². The number of hydrogen-bond donors (Lipinski definition) is 1. The number of aromatic nitrogens is 3. The molecule has 1 aliphatic rings. The minimum atomic E-state index is -0.143. The van der Waals surface area contributed by atoms with Crippen LogP contribution in [0, 0.1) is 20.8 Å². The van der Waals surface area contributed by atoms with Crippen LogP contribution in [0.15, 0.2) is 6.20 Å². The molecule has 0 bridgehead atoms. The number of urea groups is 1. The molecule has 7 nitrogen and oxygen atoms in total. The topological polar surface area (TPSA) is 72.3 Å². The van der Waals surface area contributed by atoms with Crippen LogP contribution in [-0.4, -0.2) is 45.5 Å². The van der Waals surface area contributed by atoms with Crippen molar-refractivity contribution in [1.29, 1.82) is 0 Å². The standard InChI is InChI=1S/C15H21N5O2S/c1-9-7-16-14(23-9)17-15(21)20-5-6-22-8-12(20)13-10(2)18-19(4)11(13)3/h7,12H,5-6,8H2,1-4H3,(H,16,17,21). The van der Waals surface area contributed by atoms with E-state index in [0.29, 0.717) is 24.9 Å². The van der Waals surface area contributed by atoms with Gasteiger partial charge in [-0.25, -0.2) is 9.78 Å². The monoisotopic (exact) mass is 335 g/mol. The smallest absolute Gasteiger partial charge is 0.324 e. The van der Waals surface area contributed by atoms with Crippen LogP contribution in [-0.2, 0) is 11.8 Å². The van der Waals surface area contributed by atoms with E-state index >= 15 is 0 Å². The van der Waals surface area contributed by atoms with E-state index in [2.05, 4.69) is 15.4 Å². The zero-order valence-corrected chi connectivity index (χ0v) is 14.6. The SMILES string of the molecule is Cc1cnc(NC(=O)N2CCOCC2c2c(C)nn(C)c2C)s1. The van der Waals surface area contributed by atoms with Gasteiger partial charge in [-0.1, -0.05) is 0 Å². The number of carbonyl (C=O) groups is 1. The second-order valence-electron chi connectivity index (χ2n) is 5.70. The molecule has 1 atom stereocenters. The highest BCUT2D eigenvalue weighted by Gasteiger charge is 2.32. The Bertz CT molecular complexity index is 724. The van der Waals surface area contributed by atoms with Crippen LogP contribution in [0.3, 0.4) is 0 Å². The van der Waals surface area contributed by atoms with Crippen molar-refractivity contribution < 1.29 is 9.53 Å². The van der Waals surface area contributed by atoms with Crippen LogP contribution in [0.25, 0.3) is 0 Å². The summed E-state index contributed by atoms with van der Waals surface area (Å²) in [5.41, 5.74) is 3.06. The molecule has 0 spiro atoms. The molecule has 2 aromatic rings. The lowest BCUT2D eigenvalue weighted by Crippen LogP contribution is -2.45. The maximum absolute atomic E-state index is 12.7. The number of nitrogens with one attached hydrogen (secondary N) is 1. The van der Waals surface area contributed by atoms with Crippen LogP contribution < -0.4 is 5.32 Å². The third kappa shape index (κ3) is 3.09. The van der Waals surface area contributed by atoms with E-state index in [1.165, 1.54) is 11.3 Å². The van der Waals surface area contributed by atoms with Crippen molar-refractivity contribution in [1.82, 2.24) is 19.7 Å². The molecule has 0 aliphatic carbocycles. The number of amides is 2. The van der Waals surface area contributed by atoms with Gasteiger partial charge in [-0.2, -0.15) is 5.10 Å². The van der Waals surface area contributed by atoms with Crippen molar-refractivity contribution in [2.45, 2.75) is 26.8 Å². The Morgan fingerprint density at radius 2 is 2.22 bits per heavy atom. The summed E-state index contributed by atoms with van der Waals surface area (Å²) in [5.74, 6) is 0. The van der Waals surface area contributed by atoms with Gasteiger partial charge in [-0.05, 0) is 20.8 Å². The lowest BCUT2D eigenvalue weighted by atomic mass is 10.0. The molecule has 23 heavy (non-hydrogen) atoms. The van der Waals surface area contributed by atoms with E-state index in [-0.39, 0.29) is 12.1 Å². The van der Waals surface area contributed by atoms with Crippen LogP contribution in [0.5, 0.6) is 0 Å². The van der Waals surface area contributed by atoms with Gasteiger partial charge in [0.15, 0.2) is 5.13 Å². The average molecular weight is 335 g/mol. The fourth-order valence-electron chi connectivity index (χ4n) is 2.93. The van der Waals surface area contributed by atoms with Crippen molar-refractivity contribution in [3.05, 3.63) is 28.0 Å². The molecule has 2 aromatic heterocycles. The van der Waals surface area contributed by atoms with Gasteiger partial charge in [0.05, 0.1) is 24.9 Å².